The molecule has 1 fully saturated rings. The van der Waals surface area contributed by atoms with Crippen molar-refractivity contribution >= 4 is 23.1 Å². The smallest absolute Gasteiger partial charge is 0.162 e. The Bertz CT molecular complexity index is 970. The van der Waals surface area contributed by atoms with E-state index in [0.29, 0.717) is 54.3 Å². The molecule has 0 saturated carbocycles. The summed E-state index contributed by atoms with van der Waals surface area (Å²) in [5.74, 6) is 1.37. The lowest BCUT2D eigenvalue weighted by molar-refractivity contribution is 0.122. The highest BCUT2D eigenvalue weighted by molar-refractivity contribution is 5.91. The van der Waals surface area contributed by atoms with Gasteiger partial charge in [-0.3, -0.25) is 4.98 Å². The van der Waals surface area contributed by atoms with Gasteiger partial charge in [0.05, 0.1) is 24.9 Å². The summed E-state index contributed by atoms with van der Waals surface area (Å²) in [6, 6.07) is 8.61. The number of rotatable bonds is 3. The van der Waals surface area contributed by atoms with E-state index in [1.807, 2.05) is 6.07 Å². The van der Waals surface area contributed by atoms with Gasteiger partial charge in [-0.2, -0.15) is 0 Å². The zero-order valence-corrected chi connectivity index (χ0v) is 13.9. The molecule has 3 heterocycles. The van der Waals surface area contributed by atoms with Crippen LogP contribution in [0.1, 0.15) is 5.56 Å². The van der Waals surface area contributed by atoms with Gasteiger partial charge in [-0.25, -0.2) is 9.97 Å². The molecule has 8 nitrogen and oxygen atoms in total. The second kappa shape index (κ2) is 6.93. The molecular weight excluding hydrogens is 334 g/mol. The molecule has 0 aliphatic carbocycles. The fourth-order valence-corrected chi connectivity index (χ4v) is 2.93. The standard InChI is InChI=1S/C18H17N5O3/c24-14-3-1-2-13(9-14)17-21-15-8-12(11-20-25)10-19-16(15)18(22-17)23-4-6-26-7-5-23/h1-3,8-11,24-25H,4-7H2. The molecule has 4 rings (SSSR count). The van der Waals surface area contributed by atoms with E-state index in [2.05, 4.69) is 20.0 Å². The van der Waals surface area contributed by atoms with E-state index in [-0.39, 0.29) is 5.75 Å². The van der Waals surface area contributed by atoms with E-state index >= 15 is 0 Å². The number of hydrogen-bond acceptors (Lipinski definition) is 8. The van der Waals surface area contributed by atoms with Crippen LogP contribution >= 0.6 is 0 Å². The van der Waals surface area contributed by atoms with E-state index < -0.39 is 0 Å². The predicted molar refractivity (Wildman–Crippen MR) is 96.8 cm³/mol. The van der Waals surface area contributed by atoms with Crippen LogP contribution in [0.15, 0.2) is 41.7 Å². The van der Waals surface area contributed by atoms with Crippen molar-refractivity contribution in [2.45, 2.75) is 0 Å². The average molecular weight is 351 g/mol. The first-order valence-electron chi connectivity index (χ1n) is 8.22. The summed E-state index contributed by atoms with van der Waals surface area (Å²) in [7, 11) is 0. The van der Waals surface area contributed by atoms with Crippen molar-refractivity contribution in [1.29, 1.82) is 0 Å². The summed E-state index contributed by atoms with van der Waals surface area (Å²) in [5.41, 5.74) is 2.65. The molecule has 0 atom stereocenters. The first-order valence-corrected chi connectivity index (χ1v) is 8.22. The van der Waals surface area contributed by atoms with Crippen molar-refractivity contribution in [1.82, 2.24) is 15.0 Å². The van der Waals surface area contributed by atoms with E-state index in [1.165, 1.54) is 6.21 Å². The number of aromatic nitrogens is 3. The highest BCUT2D eigenvalue weighted by atomic mass is 16.5. The third-order valence-electron chi connectivity index (χ3n) is 4.16. The molecule has 2 aromatic heterocycles. The van der Waals surface area contributed by atoms with Gasteiger partial charge in [0.1, 0.15) is 11.3 Å². The van der Waals surface area contributed by atoms with Crippen LogP contribution < -0.4 is 4.90 Å². The molecule has 1 aliphatic heterocycles. The fraction of sp³-hybridized carbons (Fsp3) is 0.222. The van der Waals surface area contributed by atoms with Gasteiger partial charge >= 0.3 is 0 Å². The van der Waals surface area contributed by atoms with Gasteiger partial charge in [-0.15, -0.1) is 0 Å². The predicted octanol–water partition coefficient (Wildman–Crippen LogP) is 2.04. The summed E-state index contributed by atoms with van der Waals surface area (Å²) < 4.78 is 5.43. The highest BCUT2D eigenvalue weighted by Gasteiger charge is 2.19. The second-order valence-corrected chi connectivity index (χ2v) is 5.90. The number of morpholine rings is 1. The van der Waals surface area contributed by atoms with Gasteiger partial charge < -0.3 is 20.0 Å². The molecule has 0 radical (unpaired) electrons. The number of hydrogen-bond donors (Lipinski definition) is 2. The van der Waals surface area contributed by atoms with Crippen LogP contribution in [0.5, 0.6) is 5.75 Å². The number of fused-ring (bicyclic) bond motifs is 1. The molecule has 8 heteroatoms. The van der Waals surface area contributed by atoms with Crippen molar-refractivity contribution < 1.29 is 15.1 Å². The number of benzene rings is 1. The minimum absolute atomic E-state index is 0.151. The lowest BCUT2D eigenvalue weighted by Gasteiger charge is -2.28. The SMILES string of the molecule is ON=Cc1cnc2c(N3CCOCC3)nc(-c3cccc(O)c3)nc2c1. The van der Waals surface area contributed by atoms with Crippen LogP contribution in [-0.2, 0) is 4.74 Å². The van der Waals surface area contributed by atoms with Crippen molar-refractivity contribution in [3.63, 3.8) is 0 Å². The fourth-order valence-electron chi connectivity index (χ4n) is 2.93. The number of phenolic OH excluding ortho intramolecular Hbond substituents is 1. The van der Waals surface area contributed by atoms with Crippen LogP contribution in [0.25, 0.3) is 22.4 Å². The monoisotopic (exact) mass is 351 g/mol. The minimum Gasteiger partial charge on any atom is -0.508 e. The molecule has 0 unspecified atom stereocenters. The van der Waals surface area contributed by atoms with Crippen molar-refractivity contribution in [2.24, 2.45) is 5.16 Å². The number of oxime groups is 1. The average Bonchev–Trinajstić information content (AvgIpc) is 2.68. The lowest BCUT2D eigenvalue weighted by Crippen LogP contribution is -2.37. The van der Waals surface area contributed by atoms with Crippen LogP contribution in [0.4, 0.5) is 5.82 Å². The largest absolute Gasteiger partial charge is 0.508 e. The van der Waals surface area contributed by atoms with Crippen LogP contribution in [0.2, 0.25) is 0 Å². The van der Waals surface area contributed by atoms with E-state index in [0.717, 1.165) is 5.82 Å². The van der Waals surface area contributed by atoms with Gasteiger partial charge in [0.2, 0.25) is 0 Å². The van der Waals surface area contributed by atoms with Crippen molar-refractivity contribution in [2.75, 3.05) is 31.2 Å². The zero-order valence-electron chi connectivity index (χ0n) is 13.9. The van der Waals surface area contributed by atoms with Crippen molar-refractivity contribution in [3.8, 4) is 17.1 Å². The Labute approximate surface area is 149 Å². The Balaban J connectivity index is 1.91. The summed E-state index contributed by atoms with van der Waals surface area (Å²) >= 11 is 0. The Kier molecular flexibility index (Phi) is 4.32. The molecule has 132 valence electrons. The van der Waals surface area contributed by atoms with Gasteiger partial charge in [0.15, 0.2) is 11.6 Å². The number of pyridine rings is 1. The van der Waals surface area contributed by atoms with E-state index in [9.17, 15) is 5.11 Å². The van der Waals surface area contributed by atoms with E-state index in [4.69, 9.17) is 14.9 Å². The molecule has 1 aromatic carbocycles. The second-order valence-electron chi connectivity index (χ2n) is 5.90. The summed E-state index contributed by atoms with van der Waals surface area (Å²) in [6.07, 6.45) is 2.92. The lowest BCUT2D eigenvalue weighted by atomic mass is 10.2. The molecule has 0 spiro atoms. The van der Waals surface area contributed by atoms with Gasteiger partial charge in [-0.1, -0.05) is 17.3 Å². The van der Waals surface area contributed by atoms with Crippen LogP contribution in [-0.4, -0.2) is 57.8 Å². The van der Waals surface area contributed by atoms with E-state index in [1.54, 1.807) is 30.5 Å². The number of nitrogens with zero attached hydrogens (tertiary/aromatic N) is 5. The highest BCUT2D eigenvalue weighted by Crippen LogP contribution is 2.28. The Morgan fingerprint density at radius 2 is 2.00 bits per heavy atom. The quantitative estimate of drug-likeness (QED) is 0.423. The van der Waals surface area contributed by atoms with Crippen LogP contribution in [0, 0.1) is 0 Å². The molecule has 26 heavy (non-hydrogen) atoms. The van der Waals surface area contributed by atoms with Gasteiger partial charge in [-0.05, 0) is 18.2 Å². The molecule has 1 aliphatic rings. The Hall–Kier alpha value is -3.26. The maximum absolute atomic E-state index is 9.78. The first-order chi connectivity index (χ1) is 12.7. The van der Waals surface area contributed by atoms with Crippen LogP contribution in [0.3, 0.4) is 0 Å². The minimum atomic E-state index is 0.151. The molecular formula is C18H17N5O3. The van der Waals surface area contributed by atoms with Gasteiger partial charge in [0, 0.05) is 30.4 Å². The molecule has 2 N–H and O–H groups in total. The third-order valence-corrected chi connectivity index (χ3v) is 4.16. The normalized spacial score (nSPS) is 15.0. The molecule has 3 aromatic rings. The Morgan fingerprint density at radius 1 is 1.15 bits per heavy atom. The zero-order chi connectivity index (χ0) is 17.9. The number of ether oxygens (including phenoxy) is 1. The molecule has 0 bridgehead atoms. The Morgan fingerprint density at radius 3 is 2.77 bits per heavy atom. The topological polar surface area (TPSA) is 104 Å². The number of anilines is 1. The van der Waals surface area contributed by atoms with Crippen molar-refractivity contribution in [3.05, 3.63) is 42.1 Å². The maximum atomic E-state index is 9.78. The first kappa shape index (κ1) is 16.2. The third kappa shape index (κ3) is 3.14. The summed E-state index contributed by atoms with van der Waals surface area (Å²) in [6.45, 7) is 2.69. The maximum Gasteiger partial charge on any atom is 0.162 e. The summed E-state index contributed by atoms with van der Waals surface area (Å²) in [5, 5.41) is 21.6. The molecule has 0 amide bonds. The summed E-state index contributed by atoms with van der Waals surface area (Å²) in [4.78, 5) is 15.9. The number of phenols is 1. The molecule has 1 saturated heterocycles. The number of aromatic hydroxyl groups is 1. The van der Waals surface area contributed by atoms with Gasteiger partial charge in [0.25, 0.3) is 0 Å².